The summed E-state index contributed by atoms with van der Waals surface area (Å²) in [5.74, 6) is 0.397. The largest absolute Gasteiger partial charge is 0.370 e. The first-order valence-electron chi connectivity index (χ1n) is 6.06. The molecule has 1 aromatic carbocycles. The van der Waals surface area contributed by atoms with Crippen LogP contribution < -0.4 is 15.8 Å². The molecule has 0 aliphatic carbocycles. The van der Waals surface area contributed by atoms with Crippen LogP contribution in [0.25, 0.3) is 0 Å². The van der Waals surface area contributed by atoms with Crippen molar-refractivity contribution in [2.45, 2.75) is 24.8 Å². The van der Waals surface area contributed by atoms with Gasteiger partial charge in [-0.2, -0.15) is 0 Å². The Balaban J connectivity index is 0.00000361. The average Bonchev–Trinajstić information content (AvgIpc) is 2.43. The molecule has 4 N–H and O–H groups in total. The SMILES string of the molecule is CCCNC(N)=NCc1ccc(S(=O)(=O)NC)cc1.I. The van der Waals surface area contributed by atoms with Crippen LogP contribution in [-0.2, 0) is 16.6 Å². The Labute approximate surface area is 137 Å². The van der Waals surface area contributed by atoms with Crippen LogP contribution in [0.15, 0.2) is 34.2 Å². The number of nitrogens with two attached hydrogens (primary N) is 1. The van der Waals surface area contributed by atoms with Crippen molar-refractivity contribution in [1.82, 2.24) is 10.0 Å². The number of nitrogens with one attached hydrogen (secondary N) is 2. The van der Waals surface area contributed by atoms with Crippen LogP contribution in [-0.4, -0.2) is 28.0 Å². The third kappa shape index (κ3) is 6.06. The summed E-state index contributed by atoms with van der Waals surface area (Å²) in [7, 11) is -2.00. The minimum absolute atomic E-state index is 0. The van der Waals surface area contributed by atoms with E-state index in [1.54, 1.807) is 24.3 Å². The molecule has 0 saturated heterocycles. The van der Waals surface area contributed by atoms with Gasteiger partial charge >= 0.3 is 0 Å². The number of hydrogen-bond acceptors (Lipinski definition) is 3. The second kappa shape index (κ2) is 9.14. The molecule has 0 atom stereocenters. The summed E-state index contributed by atoms with van der Waals surface area (Å²) in [5, 5.41) is 2.97. The molecular formula is C12H21IN4O2S. The highest BCUT2D eigenvalue weighted by Crippen LogP contribution is 2.10. The van der Waals surface area contributed by atoms with Gasteiger partial charge in [0, 0.05) is 6.54 Å². The van der Waals surface area contributed by atoms with E-state index in [-0.39, 0.29) is 28.9 Å². The van der Waals surface area contributed by atoms with E-state index in [4.69, 9.17) is 5.73 Å². The molecule has 0 bridgehead atoms. The van der Waals surface area contributed by atoms with Crippen molar-refractivity contribution in [2.24, 2.45) is 10.7 Å². The molecule has 0 spiro atoms. The van der Waals surface area contributed by atoms with E-state index in [0.717, 1.165) is 18.5 Å². The number of guanidine groups is 1. The Morgan fingerprint density at radius 2 is 1.90 bits per heavy atom. The summed E-state index contributed by atoms with van der Waals surface area (Å²) in [4.78, 5) is 4.40. The molecule has 8 heteroatoms. The maximum atomic E-state index is 11.5. The number of rotatable bonds is 6. The van der Waals surface area contributed by atoms with Crippen LogP contribution in [0.1, 0.15) is 18.9 Å². The summed E-state index contributed by atoms with van der Waals surface area (Å²) in [6.07, 6.45) is 0.979. The van der Waals surface area contributed by atoms with Gasteiger partial charge in [0.25, 0.3) is 0 Å². The lowest BCUT2D eigenvalue weighted by Gasteiger charge is -2.05. The highest BCUT2D eigenvalue weighted by atomic mass is 127. The van der Waals surface area contributed by atoms with Gasteiger partial charge in [-0.05, 0) is 31.2 Å². The third-order valence-corrected chi connectivity index (χ3v) is 3.92. The summed E-state index contributed by atoms with van der Waals surface area (Å²) in [5.41, 5.74) is 6.56. The lowest BCUT2D eigenvalue weighted by molar-refractivity contribution is 0.588. The van der Waals surface area contributed by atoms with E-state index in [1.807, 2.05) is 6.92 Å². The Hall–Kier alpha value is -0.870. The fourth-order valence-corrected chi connectivity index (χ4v) is 2.11. The molecule has 0 radical (unpaired) electrons. The molecule has 0 saturated carbocycles. The van der Waals surface area contributed by atoms with Crippen LogP contribution in [0.2, 0.25) is 0 Å². The van der Waals surface area contributed by atoms with Gasteiger partial charge in [-0.1, -0.05) is 19.1 Å². The molecule has 0 heterocycles. The molecular weight excluding hydrogens is 391 g/mol. The first-order chi connectivity index (χ1) is 8.99. The van der Waals surface area contributed by atoms with E-state index < -0.39 is 10.0 Å². The predicted octanol–water partition coefficient (Wildman–Crippen LogP) is 1.03. The monoisotopic (exact) mass is 412 g/mol. The molecule has 0 amide bonds. The molecule has 114 valence electrons. The van der Waals surface area contributed by atoms with E-state index >= 15 is 0 Å². The average molecular weight is 412 g/mol. The molecule has 0 unspecified atom stereocenters. The number of hydrogen-bond donors (Lipinski definition) is 3. The quantitative estimate of drug-likeness (QED) is 0.370. The van der Waals surface area contributed by atoms with Gasteiger partial charge in [0.2, 0.25) is 10.0 Å². The standard InChI is InChI=1S/C12H20N4O2S.HI/c1-3-8-15-12(13)16-9-10-4-6-11(7-5-10)19(17,18)14-2;/h4-7,14H,3,8-9H2,1-2H3,(H3,13,15,16);1H. The van der Waals surface area contributed by atoms with Crippen molar-refractivity contribution in [3.8, 4) is 0 Å². The summed E-state index contributed by atoms with van der Waals surface area (Å²) in [6, 6.07) is 6.54. The van der Waals surface area contributed by atoms with Crippen LogP contribution in [0.3, 0.4) is 0 Å². The number of nitrogens with zero attached hydrogens (tertiary/aromatic N) is 1. The second-order valence-electron chi connectivity index (χ2n) is 3.98. The van der Waals surface area contributed by atoms with Crippen molar-refractivity contribution < 1.29 is 8.42 Å². The zero-order valence-corrected chi connectivity index (χ0v) is 14.7. The lowest BCUT2D eigenvalue weighted by Crippen LogP contribution is -2.32. The van der Waals surface area contributed by atoms with Gasteiger partial charge in [0.15, 0.2) is 5.96 Å². The highest BCUT2D eigenvalue weighted by Gasteiger charge is 2.09. The van der Waals surface area contributed by atoms with E-state index in [0.29, 0.717) is 12.5 Å². The van der Waals surface area contributed by atoms with Crippen molar-refractivity contribution in [2.75, 3.05) is 13.6 Å². The first-order valence-corrected chi connectivity index (χ1v) is 7.54. The van der Waals surface area contributed by atoms with Gasteiger partial charge in [-0.15, -0.1) is 24.0 Å². The fourth-order valence-electron chi connectivity index (χ4n) is 1.38. The van der Waals surface area contributed by atoms with Crippen LogP contribution in [0, 0.1) is 0 Å². The lowest BCUT2D eigenvalue weighted by atomic mass is 10.2. The molecule has 20 heavy (non-hydrogen) atoms. The normalized spacial score (nSPS) is 11.8. The van der Waals surface area contributed by atoms with E-state index in [2.05, 4.69) is 15.0 Å². The molecule has 1 rings (SSSR count). The maximum Gasteiger partial charge on any atom is 0.240 e. The number of aliphatic imine (C=N–C) groups is 1. The van der Waals surface area contributed by atoms with E-state index in [1.165, 1.54) is 7.05 Å². The molecule has 0 aromatic heterocycles. The summed E-state index contributed by atoms with van der Waals surface area (Å²) in [6.45, 7) is 3.25. The highest BCUT2D eigenvalue weighted by molar-refractivity contribution is 14.0. The minimum Gasteiger partial charge on any atom is -0.370 e. The van der Waals surface area contributed by atoms with Crippen LogP contribution in [0.4, 0.5) is 0 Å². The molecule has 0 aliphatic rings. The van der Waals surface area contributed by atoms with Crippen molar-refractivity contribution >= 4 is 40.0 Å². The van der Waals surface area contributed by atoms with Gasteiger partial charge < -0.3 is 11.1 Å². The minimum atomic E-state index is -3.38. The summed E-state index contributed by atoms with van der Waals surface area (Å²) >= 11 is 0. The number of sulfonamides is 1. The van der Waals surface area contributed by atoms with Crippen LogP contribution >= 0.6 is 24.0 Å². The maximum absolute atomic E-state index is 11.5. The predicted molar refractivity (Wildman–Crippen MR) is 91.7 cm³/mol. The first kappa shape index (κ1) is 19.1. The van der Waals surface area contributed by atoms with Crippen molar-refractivity contribution in [3.05, 3.63) is 29.8 Å². The van der Waals surface area contributed by atoms with Gasteiger partial charge in [0.1, 0.15) is 0 Å². The Bertz CT molecular complexity index is 529. The van der Waals surface area contributed by atoms with Crippen molar-refractivity contribution in [1.29, 1.82) is 0 Å². The van der Waals surface area contributed by atoms with Gasteiger partial charge in [0.05, 0.1) is 11.4 Å². The van der Waals surface area contributed by atoms with E-state index in [9.17, 15) is 8.42 Å². The topological polar surface area (TPSA) is 96.6 Å². The zero-order chi connectivity index (χ0) is 14.3. The fraction of sp³-hybridized carbons (Fsp3) is 0.417. The zero-order valence-electron chi connectivity index (χ0n) is 11.6. The second-order valence-corrected chi connectivity index (χ2v) is 5.87. The smallest absolute Gasteiger partial charge is 0.240 e. The number of halogens is 1. The molecule has 0 fully saturated rings. The van der Waals surface area contributed by atoms with Crippen LogP contribution in [0.5, 0.6) is 0 Å². The van der Waals surface area contributed by atoms with Gasteiger partial charge in [-0.25, -0.2) is 18.1 Å². The Morgan fingerprint density at radius 3 is 2.40 bits per heavy atom. The molecule has 6 nitrogen and oxygen atoms in total. The molecule has 1 aromatic rings. The Morgan fingerprint density at radius 1 is 1.30 bits per heavy atom. The number of benzene rings is 1. The van der Waals surface area contributed by atoms with Crippen molar-refractivity contribution in [3.63, 3.8) is 0 Å². The third-order valence-electron chi connectivity index (χ3n) is 2.49. The molecule has 0 aliphatic heterocycles. The Kier molecular flexibility index (Phi) is 8.74. The summed E-state index contributed by atoms with van der Waals surface area (Å²) < 4.78 is 25.3. The van der Waals surface area contributed by atoms with Gasteiger partial charge in [-0.3, -0.25) is 0 Å².